The van der Waals surface area contributed by atoms with Gasteiger partial charge >= 0.3 is 5.97 Å². The lowest BCUT2D eigenvalue weighted by Crippen LogP contribution is -1.95. The Labute approximate surface area is 105 Å². The van der Waals surface area contributed by atoms with Crippen molar-refractivity contribution in [3.05, 3.63) is 35.4 Å². The minimum Gasteiger partial charge on any atom is -0.481 e. The molecule has 1 aromatic carbocycles. The molecule has 0 aromatic heterocycles. The summed E-state index contributed by atoms with van der Waals surface area (Å²) in [5, 5.41) is 9.49. The average molecular weight is 285 g/mol. The molecule has 0 aliphatic heterocycles. The molecule has 0 saturated carbocycles. The number of aliphatic carboxylic acids is 1. The van der Waals surface area contributed by atoms with Crippen LogP contribution in [-0.4, -0.2) is 16.4 Å². The molecule has 3 heteroatoms. The maximum absolute atomic E-state index is 10.3. The van der Waals surface area contributed by atoms with Crippen molar-refractivity contribution in [2.24, 2.45) is 0 Å². The lowest BCUT2D eigenvalue weighted by Gasteiger charge is -2.02. The quantitative estimate of drug-likeness (QED) is 0.615. The molecule has 16 heavy (non-hydrogen) atoms. The minimum atomic E-state index is -0.701. The number of aryl methyl sites for hydroxylation is 2. The van der Waals surface area contributed by atoms with Gasteiger partial charge in [-0.3, -0.25) is 4.79 Å². The molecular formula is C13H17BrO2. The predicted octanol–water partition coefficient (Wildman–Crippen LogP) is 3.42. The summed E-state index contributed by atoms with van der Waals surface area (Å²) in [7, 11) is 0. The Hall–Kier alpha value is -0.830. The van der Waals surface area contributed by atoms with Crippen LogP contribution in [0.1, 0.15) is 30.4 Å². The van der Waals surface area contributed by atoms with Crippen molar-refractivity contribution < 1.29 is 9.90 Å². The second kappa shape index (κ2) is 7.44. The maximum Gasteiger partial charge on any atom is 0.303 e. The second-order valence-electron chi connectivity index (χ2n) is 3.86. The number of carbonyl (C=O) groups is 1. The molecule has 88 valence electrons. The van der Waals surface area contributed by atoms with Crippen LogP contribution < -0.4 is 0 Å². The van der Waals surface area contributed by atoms with E-state index in [-0.39, 0.29) is 6.42 Å². The molecule has 0 heterocycles. The summed E-state index contributed by atoms with van der Waals surface area (Å²) in [6, 6.07) is 8.57. The molecule has 0 aliphatic rings. The van der Waals surface area contributed by atoms with Crippen LogP contribution in [0.25, 0.3) is 0 Å². The van der Waals surface area contributed by atoms with Gasteiger partial charge in [0.1, 0.15) is 0 Å². The fraction of sp³-hybridized carbons (Fsp3) is 0.462. The molecule has 1 rings (SSSR count). The molecule has 1 aromatic rings. The van der Waals surface area contributed by atoms with Gasteiger partial charge in [-0.25, -0.2) is 0 Å². The minimum absolute atomic E-state index is 0.279. The van der Waals surface area contributed by atoms with E-state index in [9.17, 15) is 4.79 Å². The fourth-order valence-corrected chi connectivity index (χ4v) is 2.04. The van der Waals surface area contributed by atoms with Gasteiger partial charge in [0.25, 0.3) is 0 Å². The van der Waals surface area contributed by atoms with Crippen LogP contribution in [0.3, 0.4) is 0 Å². The Kier molecular flexibility index (Phi) is 6.16. The molecule has 0 bridgehead atoms. The number of halogens is 1. The van der Waals surface area contributed by atoms with Gasteiger partial charge in [-0.2, -0.15) is 0 Å². The zero-order valence-electron chi connectivity index (χ0n) is 9.29. The van der Waals surface area contributed by atoms with Gasteiger partial charge in [-0.05, 0) is 36.8 Å². The topological polar surface area (TPSA) is 37.3 Å². The monoisotopic (exact) mass is 284 g/mol. The molecular weight excluding hydrogens is 268 g/mol. The SMILES string of the molecule is O=C(O)CCCCc1ccc(CCBr)cc1. The Balaban J connectivity index is 2.29. The van der Waals surface area contributed by atoms with Crippen LogP contribution in [0.2, 0.25) is 0 Å². The van der Waals surface area contributed by atoms with Gasteiger partial charge in [0.05, 0.1) is 0 Å². The number of hydrogen-bond acceptors (Lipinski definition) is 1. The van der Waals surface area contributed by atoms with Crippen molar-refractivity contribution in [2.75, 3.05) is 5.33 Å². The van der Waals surface area contributed by atoms with E-state index in [0.717, 1.165) is 31.0 Å². The predicted molar refractivity (Wildman–Crippen MR) is 69.1 cm³/mol. The summed E-state index contributed by atoms with van der Waals surface area (Å²) in [6.07, 6.45) is 4.02. The summed E-state index contributed by atoms with van der Waals surface area (Å²) < 4.78 is 0. The van der Waals surface area contributed by atoms with Crippen LogP contribution in [0.5, 0.6) is 0 Å². The van der Waals surface area contributed by atoms with Crippen molar-refractivity contribution in [1.29, 1.82) is 0 Å². The molecule has 1 N–H and O–H groups in total. The van der Waals surface area contributed by atoms with Gasteiger partial charge in [0.15, 0.2) is 0 Å². The highest BCUT2D eigenvalue weighted by Crippen LogP contribution is 2.10. The highest BCUT2D eigenvalue weighted by molar-refractivity contribution is 9.09. The van der Waals surface area contributed by atoms with E-state index in [2.05, 4.69) is 40.2 Å². The third-order valence-corrected chi connectivity index (χ3v) is 2.91. The molecule has 0 spiro atoms. The summed E-state index contributed by atoms with van der Waals surface area (Å²) in [6.45, 7) is 0. The molecule has 0 amide bonds. The Morgan fingerprint density at radius 1 is 1.06 bits per heavy atom. The largest absolute Gasteiger partial charge is 0.481 e. The van der Waals surface area contributed by atoms with Crippen LogP contribution in [0.15, 0.2) is 24.3 Å². The number of alkyl halides is 1. The number of rotatable bonds is 7. The van der Waals surface area contributed by atoms with E-state index >= 15 is 0 Å². The molecule has 0 radical (unpaired) electrons. The van der Waals surface area contributed by atoms with E-state index in [1.54, 1.807) is 0 Å². The Morgan fingerprint density at radius 2 is 1.62 bits per heavy atom. The third kappa shape index (κ3) is 5.31. The zero-order chi connectivity index (χ0) is 11.8. The first-order chi connectivity index (χ1) is 7.72. The first-order valence-electron chi connectivity index (χ1n) is 5.58. The van der Waals surface area contributed by atoms with Gasteiger partial charge in [-0.15, -0.1) is 0 Å². The Morgan fingerprint density at radius 3 is 2.12 bits per heavy atom. The maximum atomic E-state index is 10.3. The average Bonchev–Trinajstić information content (AvgIpc) is 2.27. The summed E-state index contributed by atoms with van der Waals surface area (Å²) in [4.78, 5) is 10.3. The van der Waals surface area contributed by atoms with Crippen molar-refractivity contribution >= 4 is 21.9 Å². The Bertz CT molecular complexity index is 319. The van der Waals surface area contributed by atoms with E-state index in [1.165, 1.54) is 11.1 Å². The molecule has 2 nitrogen and oxygen atoms in total. The summed E-state index contributed by atoms with van der Waals surface area (Å²) in [5.74, 6) is -0.701. The smallest absolute Gasteiger partial charge is 0.303 e. The van der Waals surface area contributed by atoms with Gasteiger partial charge < -0.3 is 5.11 Å². The number of hydrogen-bond donors (Lipinski definition) is 1. The highest BCUT2D eigenvalue weighted by Gasteiger charge is 1.98. The number of carboxylic acid groups (broad SMARTS) is 1. The van der Waals surface area contributed by atoms with E-state index < -0.39 is 5.97 Å². The molecule has 0 unspecified atom stereocenters. The zero-order valence-corrected chi connectivity index (χ0v) is 10.9. The van der Waals surface area contributed by atoms with Crippen molar-refractivity contribution in [3.8, 4) is 0 Å². The van der Waals surface area contributed by atoms with Gasteiger partial charge in [-0.1, -0.05) is 40.2 Å². The molecule has 0 aliphatic carbocycles. The molecule has 0 saturated heterocycles. The number of benzene rings is 1. The van der Waals surface area contributed by atoms with Crippen LogP contribution in [0, 0.1) is 0 Å². The normalized spacial score (nSPS) is 10.3. The first kappa shape index (κ1) is 13.2. The summed E-state index contributed by atoms with van der Waals surface area (Å²) >= 11 is 3.41. The third-order valence-electron chi connectivity index (χ3n) is 2.51. The van der Waals surface area contributed by atoms with E-state index in [4.69, 9.17) is 5.11 Å². The first-order valence-corrected chi connectivity index (χ1v) is 6.70. The van der Waals surface area contributed by atoms with Crippen LogP contribution in [0.4, 0.5) is 0 Å². The number of unbranched alkanes of at least 4 members (excludes halogenated alkanes) is 1. The van der Waals surface area contributed by atoms with Gasteiger partial charge in [0.2, 0.25) is 0 Å². The molecule has 0 fully saturated rings. The van der Waals surface area contributed by atoms with Crippen LogP contribution in [-0.2, 0) is 17.6 Å². The highest BCUT2D eigenvalue weighted by atomic mass is 79.9. The second-order valence-corrected chi connectivity index (χ2v) is 4.65. The van der Waals surface area contributed by atoms with Gasteiger partial charge in [0, 0.05) is 11.8 Å². The number of carboxylic acids is 1. The van der Waals surface area contributed by atoms with Crippen molar-refractivity contribution in [3.63, 3.8) is 0 Å². The molecule has 0 atom stereocenters. The van der Waals surface area contributed by atoms with E-state index in [0.29, 0.717) is 0 Å². The fourth-order valence-electron chi connectivity index (χ4n) is 1.59. The van der Waals surface area contributed by atoms with E-state index in [1.807, 2.05) is 0 Å². The summed E-state index contributed by atoms with van der Waals surface area (Å²) in [5.41, 5.74) is 2.63. The van der Waals surface area contributed by atoms with Crippen molar-refractivity contribution in [1.82, 2.24) is 0 Å². The lowest BCUT2D eigenvalue weighted by atomic mass is 10.0. The van der Waals surface area contributed by atoms with Crippen LogP contribution >= 0.6 is 15.9 Å². The van der Waals surface area contributed by atoms with Crippen molar-refractivity contribution in [2.45, 2.75) is 32.1 Å². The lowest BCUT2D eigenvalue weighted by molar-refractivity contribution is -0.137. The standard InChI is InChI=1S/C13H17BrO2/c14-10-9-12-7-5-11(6-8-12)3-1-2-4-13(15)16/h5-8H,1-4,9-10H2,(H,15,16).